The summed E-state index contributed by atoms with van der Waals surface area (Å²) < 4.78 is 1.99. The Hall–Kier alpha value is -1.88. The van der Waals surface area contributed by atoms with E-state index < -0.39 is 0 Å². The summed E-state index contributed by atoms with van der Waals surface area (Å²) >= 11 is 4.33. The number of para-hydroxylation sites is 1. The summed E-state index contributed by atoms with van der Waals surface area (Å²) in [6, 6.07) is 11.6. The summed E-state index contributed by atoms with van der Waals surface area (Å²) in [6.45, 7) is 0. The van der Waals surface area contributed by atoms with Gasteiger partial charge in [-0.25, -0.2) is 4.98 Å². The fourth-order valence-corrected chi connectivity index (χ4v) is 4.32. The number of hydrogen-bond donors (Lipinski definition) is 1. The van der Waals surface area contributed by atoms with E-state index in [1.54, 1.807) is 22.8 Å². The van der Waals surface area contributed by atoms with Crippen LogP contribution < -0.4 is 5.32 Å². The minimum atomic E-state index is -0.127. The van der Waals surface area contributed by atoms with Gasteiger partial charge < -0.3 is 5.32 Å². The first kappa shape index (κ1) is 14.1. The molecule has 1 aromatic carbocycles. The lowest BCUT2D eigenvalue weighted by Gasteiger charge is -2.01. The lowest BCUT2D eigenvalue weighted by Crippen LogP contribution is -2.13. The molecule has 0 saturated heterocycles. The normalized spacial score (nSPS) is 10.4. The van der Waals surface area contributed by atoms with Crippen molar-refractivity contribution in [1.29, 1.82) is 5.26 Å². The molecule has 21 heavy (non-hydrogen) atoms. The number of carbonyl (C=O) groups is 1. The lowest BCUT2D eigenvalue weighted by atomic mass is 10.3. The molecule has 104 valence electrons. The van der Waals surface area contributed by atoms with Crippen LogP contribution in [0.4, 0.5) is 5.00 Å². The number of fused-ring (bicyclic) bond motifs is 1. The Morgan fingerprint density at radius 2 is 2.24 bits per heavy atom. The molecule has 0 aliphatic heterocycles. The van der Waals surface area contributed by atoms with E-state index in [9.17, 15) is 4.79 Å². The number of nitriles is 1. The van der Waals surface area contributed by atoms with Crippen molar-refractivity contribution in [3.8, 4) is 6.07 Å². The second-order valence-corrected chi connectivity index (χ2v) is 7.23. The molecule has 7 heteroatoms. The molecule has 0 spiro atoms. The second kappa shape index (κ2) is 6.26. The molecule has 2 heterocycles. The number of thiazole rings is 1. The summed E-state index contributed by atoms with van der Waals surface area (Å²) in [5, 5.41) is 14.0. The number of thiophene rings is 1. The third-order valence-electron chi connectivity index (χ3n) is 2.64. The van der Waals surface area contributed by atoms with Crippen molar-refractivity contribution in [3.05, 3.63) is 41.3 Å². The van der Waals surface area contributed by atoms with Crippen LogP contribution >= 0.6 is 34.4 Å². The van der Waals surface area contributed by atoms with Crippen LogP contribution in [0.15, 0.2) is 40.1 Å². The van der Waals surface area contributed by atoms with E-state index >= 15 is 0 Å². The first-order valence-electron chi connectivity index (χ1n) is 6.02. The number of aromatic nitrogens is 1. The fraction of sp³-hybridized carbons (Fsp3) is 0.0714. The molecule has 0 saturated carbocycles. The molecule has 1 N–H and O–H groups in total. The molecular formula is C14H9N3OS3. The molecule has 0 fully saturated rings. The van der Waals surface area contributed by atoms with Crippen LogP contribution in [-0.2, 0) is 4.79 Å². The molecule has 0 atom stereocenters. The van der Waals surface area contributed by atoms with E-state index in [1.165, 1.54) is 23.1 Å². The molecule has 4 nitrogen and oxygen atoms in total. The zero-order valence-corrected chi connectivity index (χ0v) is 13.1. The van der Waals surface area contributed by atoms with Crippen molar-refractivity contribution in [1.82, 2.24) is 4.98 Å². The van der Waals surface area contributed by atoms with E-state index in [4.69, 9.17) is 5.26 Å². The van der Waals surface area contributed by atoms with Gasteiger partial charge in [0.1, 0.15) is 11.1 Å². The lowest BCUT2D eigenvalue weighted by molar-refractivity contribution is -0.113. The molecule has 0 aliphatic carbocycles. The van der Waals surface area contributed by atoms with Crippen molar-refractivity contribution >= 4 is 55.6 Å². The predicted molar refractivity (Wildman–Crippen MR) is 88.0 cm³/mol. The maximum Gasteiger partial charge on any atom is 0.235 e. The highest BCUT2D eigenvalue weighted by Crippen LogP contribution is 2.29. The molecule has 2 aromatic heterocycles. The Balaban J connectivity index is 1.62. The first-order chi connectivity index (χ1) is 10.3. The third-order valence-corrected chi connectivity index (χ3v) is 5.65. The van der Waals surface area contributed by atoms with Crippen LogP contribution in [0.25, 0.3) is 10.2 Å². The predicted octanol–water partition coefficient (Wildman–Crippen LogP) is 3.96. The van der Waals surface area contributed by atoms with Gasteiger partial charge in [-0.15, -0.1) is 22.7 Å². The first-order valence-corrected chi connectivity index (χ1v) is 8.70. The molecule has 3 rings (SSSR count). The number of rotatable bonds is 4. The van der Waals surface area contributed by atoms with Gasteiger partial charge in [-0.3, -0.25) is 4.79 Å². The van der Waals surface area contributed by atoms with Gasteiger partial charge in [0.05, 0.1) is 21.5 Å². The molecule has 0 unspecified atom stereocenters. The van der Waals surface area contributed by atoms with Crippen molar-refractivity contribution in [2.45, 2.75) is 4.34 Å². The Morgan fingerprint density at radius 1 is 1.38 bits per heavy atom. The largest absolute Gasteiger partial charge is 0.316 e. The van der Waals surface area contributed by atoms with E-state index in [-0.39, 0.29) is 11.7 Å². The maximum absolute atomic E-state index is 11.9. The fourth-order valence-electron chi connectivity index (χ4n) is 1.70. The minimum absolute atomic E-state index is 0.127. The summed E-state index contributed by atoms with van der Waals surface area (Å²) in [4.78, 5) is 16.4. The number of nitrogens with one attached hydrogen (secondary N) is 1. The van der Waals surface area contributed by atoms with Gasteiger partial charge in [-0.2, -0.15) is 5.26 Å². The Kier molecular flexibility index (Phi) is 4.20. The summed E-state index contributed by atoms with van der Waals surface area (Å²) in [7, 11) is 0. The SMILES string of the molecule is N#Cc1ccsc1NC(=O)CSc1nc2ccccc2s1. The average Bonchev–Trinajstić information content (AvgIpc) is 3.10. The van der Waals surface area contributed by atoms with Crippen molar-refractivity contribution in [3.63, 3.8) is 0 Å². The van der Waals surface area contributed by atoms with Gasteiger partial charge in [0.2, 0.25) is 5.91 Å². The van der Waals surface area contributed by atoms with Gasteiger partial charge in [-0.1, -0.05) is 23.9 Å². The Bertz CT molecular complexity index is 798. The highest BCUT2D eigenvalue weighted by Gasteiger charge is 2.10. The van der Waals surface area contributed by atoms with Crippen molar-refractivity contribution in [2.24, 2.45) is 0 Å². The van der Waals surface area contributed by atoms with Crippen LogP contribution in [0.2, 0.25) is 0 Å². The van der Waals surface area contributed by atoms with E-state index in [0.29, 0.717) is 10.6 Å². The monoisotopic (exact) mass is 331 g/mol. The molecular weight excluding hydrogens is 322 g/mol. The van der Waals surface area contributed by atoms with Gasteiger partial charge in [-0.05, 0) is 23.6 Å². The van der Waals surface area contributed by atoms with Crippen molar-refractivity contribution in [2.75, 3.05) is 11.1 Å². The zero-order chi connectivity index (χ0) is 14.7. The average molecular weight is 331 g/mol. The highest BCUT2D eigenvalue weighted by atomic mass is 32.2. The second-order valence-electron chi connectivity index (χ2n) is 4.06. The van der Waals surface area contributed by atoms with Crippen LogP contribution in [0, 0.1) is 11.3 Å². The van der Waals surface area contributed by atoms with E-state index in [0.717, 1.165) is 14.6 Å². The number of carbonyl (C=O) groups excluding carboxylic acids is 1. The van der Waals surface area contributed by atoms with Crippen molar-refractivity contribution < 1.29 is 4.79 Å². The molecule has 0 aliphatic rings. The third kappa shape index (κ3) is 3.24. The van der Waals surface area contributed by atoms with Crippen LogP contribution in [-0.4, -0.2) is 16.6 Å². The molecule has 0 bridgehead atoms. The summed E-state index contributed by atoms with van der Waals surface area (Å²) in [5.74, 6) is 0.154. The topological polar surface area (TPSA) is 65.8 Å². The van der Waals surface area contributed by atoms with Gasteiger partial charge in [0, 0.05) is 0 Å². The smallest absolute Gasteiger partial charge is 0.235 e. The highest BCUT2D eigenvalue weighted by molar-refractivity contribution is 8.01. The quantitative estimate of drug-likeness (QED) is 0.735. The number of hydrogen-bond acceptors (Lipinski definition) is 6. The molecule has 0 radical (unpaired) electrons. The Morgan fingerprint density at radius 3 is 3.05 bits per heavy atom. The van der Waals surface area contributed by atoms with Gasteiger partial charge in [0.25, 0.3) is 0 Å². The van der Waals surface area contributed by atoms with E-state index in [1.807, 2.05) is 24.3 Å². The maximum atomic E-state index is 11.9. The summed E-state index contributed by atoms with van der Waals surface area (Å²) in [5.41, 5.74) is 1.45. The number of anilines is 1. The van der Waals surface area contributed by atoms with Gasteiger partial charge >= 0.3 is 0 Å². The number of amides is 1. The van der Waals surface area contributed by atoms with E-state index in [2.05, 4.69) is 16.4 Å². The minimum Gasteiger partial charge on any atom is -0.316 e. The number of thioether (sulfide) groups is 1. The zero-order valence-electron chi connectivity index (χ0n) is 10.7. The van der Waals surface area contributed by atoms with Crippen LogP contribution in [0.3, 0.4) is 0 Å². The Labute approximate surface area is 133 Å². The van der Waals surface area contributed by atoms with Crippen LogP contribution in [0.1, 0.15) is 5.56 Å². The van der Waals surface area contributed by atoms with Gasteiger partial charge in [0.15, 0.2) is 4.34 Å². The number of nitrogens with zero attached hydrogens (tertiary/aromatic N) is 2. The van der Waals surface area contributed by atoms with Crippen LogP contribution in [0.5, 0.6) is 0 Å². The number of benzene rings is 1. The molecule has 1 amide bonds. The molecule has 3 aromatic rings. The summed E-state index contributed by atoms with van der Waals surface area (Å²) in [6.07, 6.45) is 0. The standard InChI is InChI=1S/C14H9N3OS3/c15-7-9-5-6-19-13(9)17-12(18)8-20-14-16-10-3-1-2-4-11(10)21-14/h1-6H,8H2,(H,17,18).